The van der Waals surface area contributed by atoms with E-state index in [0.29, 0.717) is 0 Å². The Morgan fingerprint density at radius 2 is 0.796 bits per heavy atom. The minimum Gasteiger partial charge on any atom is -0.309 e. The molecule has 0 saturated heterocycles. The molecule has 3 heteroatoms. The van der Waals surface area contributed by atoms with Gasteiger partial charge < -0.3 is 13.4 Å². The van der Waals surface area contributed by atoms with Crippen LogP contribution in [0.5, 0.6) is 0 Å². The van der Waals surface area contributed by atoms with E-state index in [1.54, 1.807) is 0 Å². The molecule has 0 aliphatic rings. The number of nitrogens with zero attached hydrogens (tertiary/aromatic N) is 3. The van der Waals surface area contributed by atoms with Crippen LogP contribution in [0, 0.1) is 0 Å². The maximum absolute atomic E-state index is 2.53. The normalized spacial score (nSPS) is 12.5. The van der Waals surface area contributed by atoms with E-state index < -0.39 is 0 Å². The Hall–Kier alpha value is -6.58. The van der Waals surface area contributed by atoms with Crippen LogP contribution >= 0.6 is 0 Å². The monoisotopic (exact) mass is 621 g/mol. The smallest absolute Gasteiger partial charge is 0.0709 e. The molecule has 0 bridgehead atoms. The topological polar surface area (TPSA) is 13.8 Å². The number of para-hydroxylation sites is 4. The highest BCUT2D eigenvalue weighted by molar-refractivity contribution is 6.29. The Bertz CT molecular complexity index is 3310. The van der Waals surface area contributed by atoms with Gasteiger partial charge in [-0.1, -0.05) is 115 Å². The van der Waals surface area contributed by atoms with E-state index in [2.05, 4.69) is 177 Å². The molecule has 4 aromatic heterocycles. The third-order valence-electron chi connectivity index (χ3n) is 10.9. The van der Waals surface area contributed by atoms with Crippen molar-refractivity contribution in [3.05, 3.63) is 164 Å². The summed E-state index contributed by atoms with van der Waals surface area (Å²) in [6.45, 7) is 0. The molecule has 0 aliphatic heterocycles. The fourth-order valence-corrected chi connectivity index (χ4v) is 8.89. The molecule has 12 rings (SSSR count). The van der Waals surface area contributed by atoms with Crippen molar-refractivity contribution < 1.29 is 0 Å². The molecule has 0 atom stereocenters. The minimum absolute atomic E-state index is 1.17. The van der Waals surface area contributed by atoms with Crippen molar-refractivity contribution in [3.63, 3.8) is 0 Å². The summed E-state index contributed by atoms with van der Waals surface area (Å²) in [5.74, 6) is 0. The lowest BCUT2D eigenvalue weighted by molar-refractivity contribution is 1.18. The standard InChI is InChI=1S/C46H27N3/c1-2-10-31(11-3-1)47-38-15-7-4-12-32(38)35-22-20-29(26-42(35)47)30-21-25-41-43(27-30)49-40-17-9-6-14-34(40)37-24-19-28-18-23-36-33-13-5-8-16-39(33)48(41)45(36)44(28)46(37)49/h1-27H. The van der Waals surface area contributed by atoms with Crippen LogP contribution in [0.3, 0.4) is 0 Å². The Kier molecular flexibility index (Phi) is 4.72. The second-order valence-electron chi connectivity index (χ2n) is 13.4. The van der Waals surface area contributed by atoms with Crippen LogP contribution < -0.4 is 0 Å². The van der Waals surface area contributed by atoms with Gasteiger partial charge in [0, 0.05) is 43.4 Å². The second kappa shape index (κ2) is 9.06. The Labute approximate surface area is 280 Å². The van der Waals surface area contributed by atoms with Gasteiger partial charge in [-0.25, -0.2) is 0 Å². The van der Waals surface area contributed by atoms with E-state index in [1.807, 2.05) is 0 Å². The summed E-state index contributed by atoms with van der Waals surface area (Å²) in [5, 5.41) is 10.3. The summed E-state index contributed by atoms with van der Waals surface area (Å²) < 4.78 is 7.46. The number of hydrogen-bond donors (Lipinski definition) is 0. The third-order valence-corrected chi connectivity index (χ3v) is 10.9. The fraction of sp³-hybridized carbons (Fsp3) is 0. The van der Waals surface area contributed by atoms with Gasteiger partial charge in [0.2, 0.25) is 0 Å². The maximum atomic E-state index is 2.53. The van der Waals surface area contributed by atoms with Gasteiger partial charge in [0.15, 0.2) is 0 Å². The molecule has 0 N–H and O–H groups in total. The van der Waals surface area contributed by atoms with Crippen LogP contribution in [-0.4, -0.2) is 13.4 Å². The minimum atomic E-state index is 1.17. The van der Waals surface area contributed by atoms with Crippen molar-refractivity contribution in [2.45, 2.75) is 0 Å². The van der Waals surface area contributed by atoms with Crippen LogP contribution in [0.4, 0.5) is 0 Å². The zero-order valence-electron chi connectivity index (χ0n) is 26.4. The van der Waals surface area contributed by atoms with Gasteiger partial charge in [-0.15, -0.1) is 0 Å². The van der Waals surface area contributed by atoms with E-state index in [-0.39, 0.29) is 0 Å². The third kappa shape index (κ3) is 3.17. The Balaban J connectivity index is 1.26. The summed E-state index contributed by atoms with van der Waals surface area (Å²) >= 11 is 0. The van der Waals surface area contributed by atoms with Crippen LogP contribution in [0.1, 0.15) is 0 Å². The average molecular weight is 622 g/mol. The molecule has 0 radical (unpaired) electrons. The number of hydrogen-bond acceptors (Lipinski definition) is 0. The molecule has 0 spiro atoms. The molecule has 12 aromatic rings. The molecular formula is C46H27N3. The summed E-state index contributed by atoms with van der Waals surface area (Å²) in [4.78, 5) is 0. The summed E-state index contributed by atoms with van der Waals surface area (Å²) in [5.41, 5.74) is 13.4. The van der Waals surface area contributed by atoms with Crippen molar-refractivity contribution in [1.29, 1.82) is 0 Å². The first-order valence-electron chi connectivity index (χ1n) is 17.0. The molecule has 0 saturated carbocycles. The van der Waals surface area contributed by atoms with Gasteiger partial charge in [0.25, 0.3) is 0 Å². The summed E-state index contributed by atoms with van der Waals surface area (Å²) in [6, 6.07) is 60.5. The molecule has 8 aromatic carbocycles. The molecule has 0 fully saturated rings. The van der Waals surface area contributed by atoms with Crippen LogP contribution in [0.25, 0.3) is 104 Å². The first-order valence-corrected chi connectivity index (χ1v) is 17.0. The van der Waals surface area contributed by atoms with E-state index in [9.17, 15) is 0 Å². The number of fused-ring (bicyclic) bond motifs is 12. The largest absolute Gasteiger partial charge is 0.309 e. The average Bonchev–Trinajstić information content (AvgIpc) is 3.77. The molecule has 0 unspecified atom stereocenters. The zero-order valence-corrected chi connectivity index (χ0v) is 26.4. The summed E-state index contributed by atoms with van der Waals surface area (Å²) in [6.07, 6.45) is 0. The quantitative estimate of drug-likeness (QED) is 0.182. The van der Waals surface area contributed by atoms with Gasteiger partial charge >= 0.3 is 0 Å². The zero-order chi connectivity index (χ0) is 31.8. The predicted molar refractivity (Wildman–Crippen MR) is 207 cm³/mol. The highest BCUT2D eigenvalue weighted by atomic mass is 15.0. The lowest BCUT2D eigenvalue weighted by atomic mass is 10.0. The van der Waals surface area contributed by atoms with Gasteiger partial charge in [-0.05, 0) is 65.0 Å². The second-order valence-corrected chi connectivity index (χ2v) is 13.4. The van der Waals surface area contributed by atoms with E-state index in [1.165, 1.54) is 104 Å². The van der Waals surface area contributed by atoms with E-state index in [0.717, 1.165) is 0 Å². The Morgan fingerprint density at radius 3 is 1.47 bits per heavy atom. The van der Waals surface area contributed by atoms with Crippen LogP contribution in [0.15, 0.2) is 164 Å². The van der Waals surface area contributed by atoms with Crippen molar-refractivity contribution in [3.8, 4) is 16.8 Å². The fourth-order valence-electron chi connectivity index (χ4n) is 8.89. The number of benzene rings is 8. The van der Waals surface area contributed by atoms with Crippen molar-refractivity contribution in [1.82, 2.24) is 13.4 Å². The van der Waals surface area contributed by atoms with Gasteiger partial charge in [0.1, 0.15) is 0 Å². The molecule has 4 heterocycles. The highest BCUT2D eigenvalue weighted by Gasteiger charge is 2.22. The van der Waals surface area contributed by atoms with Crippen molar-refractivity contribution in [2.24, 2.45) is 0 Å². The molecular weight excluding hydrogens is 595 g/mol. The molecule has 3 nitrogen and oxygen atoms in total. The predicted octanol–water partition coefficient (Wildman–Crippen LogP) is 12.2. The van der Waals surface area contributed by atoms with Crippen molar-refractivity contribution >= 4 is 87.2 Å². The van der Waals surface area contributed by atoms with E-state index in [4.69, 9.17) is 0 Å². The molecule has 0 aliphatic carbocycles. The molecule has 0 amide bonds. The maximum Gasteiger partial charge on any atom is 0.0709 e. The number of aromatic nitrogens is 3. The van der Waals surface area contributed by atoms with Gasteiger partial charge in [0.05, 0.1) is 44.1 Å². The molecule has 226 valence electrons. The number of rotatable bonds is 2. The van der Waals surface area contributed by atoms with Crippen LogP contribution in [0.2, 0.25) is 0 Å². The Morgan fingerprint density at radius 1 is 0.306 bits per heavy atom. The lowest BCUT2D eigenvalue weighted by Crippen LogP contribution is -1.93. The van der Waals surface area contributed by atoms with E-state index >= 15 is 0 Å². The summed E-state index contributed by atoms with van der Waals surface area (Å²) in [7, 11) is 0. The first kappa shape index (κ1) is 25.5. The molecule has 49 heavy (non-hydrogen) atoms. The van der Waals surface area contributed by atoms with Crippen LogP contribution in [-0.2, 0) is 0 Å². The highest BCUT2D eigenvalue weighted by Crippen LogP contribution is 2.44. The van der Waals surface area contributed by atoms with Gasteiger partial charge in [-0.3, -0.25) is 0 Å². The SMILES string of the molecule is c1ccc(-n2c3ccccc3c3ccc(-c4ccc5c(c4)n4c6ccccc6c6ccc7ccc8c9ccccc9n5c8c7c64)cc32)cc1. The van der Waals surface area contributed by atoms with Crippen molar-refractivity contribution in [2.75, 3.05) is 0 Å². The lowest BCUT2D eigenvalue weighted by Gasteiger charge is -2.10. The van der Waals surface area contributed by atoms with Gasteiger partial charge in [-0.2, -0.15) is 0 Å². The first-order chi connectivity index (χ1) is 24.3.